The van der Waals surface area contributed by atoms with Gasteiger partial charge in [-0.1, -0.05) is 6.07 Å². The predicted octanol–water partition coefficient (Wildman–Crippen LogP) is 2.86. The predicted molar refractivity (Wildman–Crippen MR) is 63.4 cm³/mol. The largest absolute Gasteiger partial charge is 0.508 e. The third-order valence-electron chi connectivity index (χ3n) is 2.23. The molecule has 1 N–H and O–H groups in total. The number of aromatic nitrogens is 2. The molecule has 77 valence electrons. The Balaban J connectivity index is 2.22. The molecular weight excluding hydrogens is 220 g/mol. The highest BCUT2D eigenvalue weighted by molar-refractivity contribution is 7.13. The van der Waals surface area contributed by atoms with Gasteiger partial charge in [0.25, 0.3) is 0 Å². The van der Waals surface area contributed by atoms with Crippen LogP contribution in [0.15, 0.2) is 35.7 Å². The van der Waals surface area contributed by atoms with Gasteiger partial charge in [0, 0.05) is 6.07 Å². The number of thiophene rings is 1. The van der Waals surface area contributed by atoms with Crippen LogP contribution in [0.1, 0.15) is 0 Å². The molecule has 0 aliphatic rings. The van der Waals surface area contributed by atoms with Crippen molar-refractivity contribution in [2.45, 2.75) is 0 Å². The second-order valence-electron chi connectivity index (χ2n) is 3.33. The van der Waals surface area contributed by atoms with Crippen molar-refractivity contribution in [3.05, 3.63) is 41.9 Å². The number of aromatic hydroxyl groups is 1. The fourth-order valence-electron chi connectivity index (χ4n) is 1.48. The summed E-state index contributed by atoms with van der Waals surface area (Å²) in [6.45, 7) is 0. The van der Waals surface area contributed by atoms with Gasteiger partial charge in [-0.05, 0) is 23.6 Å². The standard InChI is InChI=1S/C12H7N2OS/c15-8-3-4-9-10(6-8)14-11(7-13-9)12-2-1-5-16-12/h1-6,15H. The zero-order valence-corrected chi connectivity index (χ0v) is 9.03. The van der Waals surface area contributed by atoms with Crippen LogP contribution in [-0.4, -0.2) is 15.1 Å². The first-order valence-corrected chi connectivity index (χ1v) is 5.63. The Morgan fingerprint density at radius 1 is 1.19 bits per heavy atom. The van der Waals surface area contributed by atoms with Crippen LogP contribution in [0.2, 0.25) is 0 Å². The second-order valence-corrected chi connectivity index (χ2v) is 4.28. The Labute approximate surface area is 96.0 Å². The van der Waals surface area contributed by atoms with Gasteiger partial charge < -0.3 is 5.11 Å². The van der Waals surface area contributed by atoms with E-state index in [2.05, 4.69) is 16.2 Å². The third-order valence-corrected chi connectivity index (χ3v) is 3.10. The molecule has 3 aromatic rings. The van der Waals surface area contributed by atoms with E-state index < -0.39 is 0 Å². The van der Waals surface area contributed by atoms with Crippen molar-refractivity contribution in [1.82, 2.24) is 9.97 Å². The number of phenols is 1. The topological polar surface area (TPSA) is 46.0 Å². The van der Waals surface area contributed by atoms with Gasteiger partial charge in [-0.3, -0.25) is 0 Å². The molecule has 0 bridgehead atoms. The highest BCUT2D eigenvalue weighted by Crippen LogP contribution is 2.24. The van der Waals surface area contributed by atoms with Crippen molar-refractivity contribution >= 4 is 22.4 Å². The molecule has 0 saturated heterocycles. The Hall–Kier alpha value is -1.94. The monoisotopic (exact) mass is 227 g/mol. The number of hydrogen-bond donors (Lipinski definition) is 1. The Kier molecular flexibility index (Phi) is 2.08. The fourth-order valence-corrected chi connectivity index (χ4v) is 2.14. The molecule has 0 spiro atoms. The lowest BCUT2D eigenvalue weighted by molar-refractivity contribution is 0.476. The maximum absolute atomic E-state index is 9.38. The lowest BCUT2D eigenvalue weighted by Gasteiger charge is -1.99. The number of nitrogens with zero attached hydrogens (tertiary/aromatic N) is 2. The van der Waals surface area contributed by atoms with E-state index in [9.17, 15) is 5.11 Å². The first-order valence-electron chi connectivity index (χ1n) is 4.75. The molecule has 3 rings (SSSR count). The summed E-state index contributed by atoms with van der Waals surface area (Å²) in [5, 5.41) is 11.4. The van der Waals surface area contributed by atoms with Crippen LogP contribution in [-0.2, 0) is 0 Å². The van der Waals surface area contributed by atoms with Crippen molar-refractivity contribution in [1.29, 1.82) is 0 Å². The van der Waals surface area contributed by atoms with E-state index in [-0.39, 0.29) is 5.75 Å². The van der Waals surface area contributed by atoms with Crippen molar-refractivity contribution < 1.29 is 5.11 Å². The summed E-state index contributed by atoms with van der Waals surface area (Å²) in [5.74, 6) is 0.199. The van der Waals surface area contributed by atoms with Gasteiger partial charge in [0.15, 0.2) is 0 Å². The molecule has 1 radical (unpaired) electrons. The maximum atomic E-state index is 9.38. The van der Waals surface area contributed by atoms with Gasteiger partial charge in [0.05, 0.1) is 15.9 Å². The molecule has 1 aromatic carbocycles. The summed E-state index contributed by atoms with van der Waals surface area (Å²) in [4.78, 5) is 9.62. The number of phenolic OH excluding ortho intramolecular Hbond substituents is 1. The first kappa shape index (κ1) is 9.30. The minimum atomic E-state index is 0.199. The molecule has 3 nitrogen and oxygen atoms in total. The molecular formula is C12H7N2OS. The van der Waals surface area contributed by atoms with Crippen LogP contribution in [0, 0.1) is 6.20 Å². The van der Waals surface area contributed by atoms with Crippen molar-refractivity contribution in [3.63, 3.8) is 0 Å². The zero-order valence-electron chi connectivity index (χ0n) is 8.21. The van der Waals surface area contributed by atoms with E-state index in [4.69, 9.17) is 0 Å². The molecule has 0 amide bonds. The van der Waals surface area contributed by atoms with Crippen LogP contribution in [0.3, 0.4) is 0 Å². The molecule has 0 fully saturated rings. The molecule has 0 aliphatic heterocycles. The summed E-state index contributed by atoms with van der Waals surface area (Å²) in [6, 6.07) is 8.86. The lowest BCUT2D eigenvalue weighted by atomic mass is 10.2. The van der Waals surface area contributed by atoms with Crippen molar-refractivity contribution in [2.75, 3.05) is 0 Å². The van der Waals surface area contributed by atoms with E-state index in [1.807, 2.05) is 17.5 Å². The van der Waals surface area contributed by atoms with Gasteiger partial charge in [-0.2, -0.15) is 0 Å². The zero-order chi connectivity index (χ0) is 11.0. The minimum Gasteiger partial charge on any atom is -0.508 e. The van der Waals surface area contributed by atoms with Crippen LogP contribution < -0.4 is 0 Å². The van der Waals surface area contributed by atoms with Crippen LogP contribution in [0.4, 0.5) is 0 Å². The minimum absolute atomic E-state index is 0.199. The third kappa shape index (κ3) is 1.53. The van der Waals surface area contributed by atoms with Gasteiger partial charge in [-0.25, -0.2) is 9.97 Å². The summed E-state index contributed by atoms with van der Waals surface area (Å²) < 4.78 is 0. The van der Waals surface area contributed by atoms with Gasteiger partial charge >= 0.3 is 0 Å². The summed E-state index contributed by atoms with van der Waals surface area (Å²) in [5.41, 5.74) is 2.13. The molecule has 4 heteroatoms. The average Bonchev–Trinajstić information content (AvgIpc) is 2.81. The molecule has 0 unspecified atom stereocenters. The van der Waals surface area contributed by atoms with Gasteiger partial charge in [-0.15, -0.1) is 11.3 Å². The van der Waals surface area contributed by atoms with Crippen LogP contribution in [0.5, 0.6) is 5.75 Å². The van der Waals surface area contributed by atoms with Gasteiger partial charge in [0.1, 0.15) is 17.6 Å². The Morgan fingerprint density at radius 3 is 2.94 bits per heavy atom. The number of fused-ring (bicyclic) bond motifs is 1. The molecule has 0 saturated carbocycles. The fraction of sp³-hybridized carbons (Fsp3) is 0. The van der Waals surface area contributed by atoms with E-state index in [0.717, 1.165) is 10.4 Å². The summed E-state index contributed by atoms with van der Waals surface area (Å²) in [7, 11) is 0. The van der Waals surface area contributed by atoms with Crippen LogP contribution in [0.25, 0.3) is 21.6 Å². The molecule has 0 aliphatic carbocycles. The van der Waals surface area contributed by atoms with E-state index in [0.29, 0.717) is 11.2 Å². The number of rotatable bonds is 1. The van der Waals surface area contributed by atoms with Crippen molar-refractivity contribution in [2.24, 2.45) is 0 Å². The molecule has 16 heavy (non-hydrogen) atoms. The van der Waals surface area contributed by atoms with Gasteiger partial charge in [0.2, 0.25) is 0 Å². The second kappa shape index (κ2) is 3.57. The normalized spacial score (nSPS) is 10.8. The Bertz CT molecular complexity index is 635. The Morgan fingerprint density at radius 2 is 2.12 bits per heavy atom. The molecule has 0 atom stereocenters. The summed E-state index contributed by atoms with van der Waals surface area (Å²) >= 11 is 1.59. The average molecular weight is 227 g/mol. The first-order chi connectivity index (χ1) is 7.83. The number of hydrogen-bond acceptors (Lipinski definition) is 4. The SMILES string of the molecule is Oc1ccc2n[c]c(-c3cccs3)nc2c1. The summed E-state index contributed by atoms with van der Waals surface area (Å²) in [6.07, 6.45) is 2.90. The van der Waals surface area contributed by atoms with E-state index in [1.54, 1.807) is 29.5 Å². The number of benzene rings is 1. The van der Waals surface area contributed by atoms with Crippen molar-refractivity contribution in [3.8, 4) is 16.3 Å². The maximum Gasteiger partial charge on any atom is 0.119 e. The van der Waals surface area contributed by atoms with E-state index >= 15 is 0 Å². The highest BCUT2D eigenvalue weighted by Gasteiger charge is 2.04. The molecule has 2 heterocycles. The van der Waals surface area contributed by atoms with E-state index in [1.165, 1.54) is 0 Å². The molecule has 2 aromatic heterocycles. The van der Waals surface area contributed by atoms with Crippen LogP contribution >= 0.6 is 11.3 Å². The highest BCUT2D eigenvalue weighted by atomic mass is 32.1. The lowest BCUT2D eigenvalue weighted by Crippen LogP contribution is -1.87. The smallest absolute Gasteiger partial charge is 0.119 e. The quantitative estimate of drug-likeness (QED) is 0.695.